The molecule has 128 valence electrons. The summed E-state index contributed by atoms with van der Waals surface area (Å²) in [5, 5.41) is 5.85. The minimum Gasteiger partial charge on any atom is -0.355 e. The Morgan fingerprint density at radius 3 is 2.46 bits per heavy atom. The molecule has 1 heterocycles. The van der Waals surface area contributed by atoms with Crippen LogP contribution in [0.4, 0.5) is 5.69 Å². The fourth-order valence-corrected chi connectivity index (χ4v) is 2.28. The summed E-state index contributed by atoms with van der Waals surface area (Å²) in [6.07, 6.45) is 3.95. The highest BCUT2D eigenvalue weighted by atomic mass is 16.1. The summed E-state index contributed by atoms with van der Waals surface area (Å²) in [5.74, 6) is 0.697. The number of nitrogens with one attached hydrogen (secondary N) is 4. The Labute approximate surface area is 145 Å². The van der Waals surface area contributed by atoms with Gasteiger partial charge in [-0.3, -0.25) is 15.6 Å². The summed E-state index contributed by atoms with van der Waals surface area (Å²) >= 11 is 0. The summed E-state index contributed by atoms with van der Waals surface area (Å²) in [4.78, 5) is 11.7. The maximum Gasteiger partial charge on any atom is 0.251 e. The van der Waals surface area contributed by atoms with Gasteiger partial charge in [-0.2, -0.15) is 0 Å². The first-order chi connectivity index (χ1) is 11.3. The predicted molar refractivity (Wildman–Crippen MR) is 103 cm³/mol. The highest BCUT2D eigenvalue weighted by Crippen LogP contribution is 2.16. The van der Waals surface area contributed by atoms with Crippen LogP contribution in [0.1, 0.15) is 26.2 Å². The molecule has 0 atom stereocenters. The van der Waals surface area contributed by atoms with Crippen molar-refractivity contribution in [1.82, 2.24) is 16.2 Å². The minimum absolute atomic E-state index is 0. The molecule has 2 aromatic carbocycles. The van der Waals surface area contributed by atoms with Gasteiger partial charge in [0.15, 0.2) is 0 Å². The van der Waals surface area contributed by atoms with Gasteiger partial charge in [0.05, 0.1) is 5.70 Å². The Morgan fingerprint density at radius 1 is 1.00 bits per heavy atom. The van der Waals surface area contributed by atoms with Crippen LogP contribution in [-0.4, -0.2) is 13.0 Å². The number of rotatable bonds is 4. The molecule has 2 aromatic rings. The van der Waals surface area contributed by atoms with Gasteiger partial charge >= 0.3 is 0 Å². The van der Waals surface area contributed by atoms with E-state index in [1.807, 2.05) is 54.6 Å². The van der Waals surface area contributed by atoms with E-state index in [2.05, 4.69) is 21.5 Å². The van der Waals surface area contributed by atoms with Crippen molar-refractivity contribution in [3.05, 3.63) is 83.7 Å². The van der Waals surface area contributed by atoms with Crippen molar-refractivity contribution in [2.75, 3.05) is 12.4 Å². The van der Waals surface area contributed by atoms with E-state index >= 15 is 0 Å². The molecular weight excluding hydrogens is 300 g/mol. The van der Waals surface area contributed by atoms with Crippen molar-refractivity contribution < 1.29 is 7.65 Å². The number of benzene rings is 2. The largest absolute Gasteiger partial charge is 0.355 e. The molecule has 0 aliphatic carbocycles. The molecule has 0 unspecified atom stereocenters. The number of carbonyl (C=O) groups excluding carboxylic acids is 1. The summed E-state index contributed by atoms with van der Waals surface area (Å²) in [5.41, 5.74) is 9.82. The van der Waals surface area contributed by atoms with Crippen molar-refractivity contribution in [3.63, 3.8) is 0 Å². The Bertz CT molecular complexity index is 776. The molecule has 0 bridgehead atoms. The number of carbonyl (C=O) groups is 1. The SMILES string of the molecule is C.CNC(=O)c1cccc(NC2=CC=C(c3ccccc3)NN2)c1.[HH].[HH]. The molecule has 0 spiro atoms. The molecule has 1 amide bonds. The smallest absolute Gasteiger partial charge is 0.251 e. The predicted octanol–water partition coefficient (Wildman–Crippen LogP) is 3.58. The van der Waals surface area contributed by atoms with Crippen molar-refractivity contribution in [2.45, 2.75) is 7.43 Å². The number of hydrazine groups is 1. The number of hydrogen-bond acceptors (Lipinski definition) is 4. The van der Waals surface area contributed by atoms with Crippen molar-refractivity contribution >= 4 is 17.3 Å². The molecule has 0 radical (unpaired) electrons. The Balaban J connectivity index is 0.00000208. The van der Waals surface area contributed by atoms with E-state index in [1.165, 1.54) is 0 Å². The lowest BCUT2D eigenvalue weighted by Crippen LogP contribution is -2.35. The highest BCUT2D eigenvalue weighted by molar-refractivity contribution is 5.94. The second kappa shape index (κ2) is 7.87. The van der Waals surface area contributed by atoms with E-state index in [0.29, 0.717) is 5.56 Å². The lowest BCUT2D eigenvalue weighted by Gasteiger charge is -2.21. The molecule has 1 aliphatic heterocycles. The third-order valence-electron chi connectivity index (χ3n) is 3.46. The van der Waals surface area contributed by atoms with Crippen LogP contribution in [0.2, 0.25) is 0 Å². The van der Waals surface area contributed by atoms with E-state index in [0.717, 1.165) is 22.8 Å². The Morgan fingerprint density at radius 2 is 1.79 bits per heavy atom. The van der Waals surface area contributed by atoms with Crippen LogP contribution < -0.4 is 21.5 Å². The van der Waals surface area contributed by atoms with Gasteiger partial charge in [-0.05, 0) is 35.9 Å². The quantitative estimate of drug-likeness (QED) is 0.693. The van der Waals surface area contributed by atoms with Crippen LogP contribution in [-0.2, 0) is 0 Å². The normalized spacial score (nSPS) is 12.5. The monoisotopic (exact) mass is 326 g/mol. The Hall–Kier alpha value is -3.21. The van der Waals surface area contributed by atoms with Crippen LogP contribution >= 0.6 is 0 Å². The van der Waals surface area contributed by atoms with Crippen molar-refractivity contribution in [2.24, 2.45) is 0 Å². The number of amides is 1. The van der Waals surface area contributed by atoms with Crippen molar-refractivity contribution in [1.29, 1.82) is 0 Å². The van der Waals surface area contributed by atoms with E-state index in [1.54, 1.807) is 19.2 Å². The number of hydrogen-bond donors (Lipinski definition) is 4. The summed E-state index contributed by atoms with van der Waals surface area (Å²) in [6.45, 7) is 0. The van der Waals surface area contributed by atoms with Gasteiger partial charge in [-0.15, -0.1) is 0 Å². The minimum atomic E-state index is -0.108. The van der Waals surface area contributed by atoms with Gasteiger partial charge in [0.2, 0.25) is 0 Å². The molecule has 0 fully saturated rings. The van der Waals surface area contributed by atoms with Gasteiger partial charge in [0.1, 0.15) is 5.82 Å². The summed E-state index contributed by atoms with van der Waals surface area (Å²) < 4.78 is 0. The molecule has 4 N–H and O–H groups in total. The standard InChI is InChI=1S/C18H18N4O.CH4.2H2/c1-19-18(23)14-8-5-9-15(12-14)20-17-11-10-16(21-22-17)13-6-3-2-4-7-13;;;/h2-12,20-22H,1H3,(H,19,23);1H4;2*1H. The van der Waals surface area contributed by atoms with E-state index in [4.69, 9.17) is 0 Å². The zero-order valence-corrected chi connectivity index (χ0v) is 12.8. The number of allylic oxidation sites excluding steroid dienone is 2. The fraction of sp³-hybridized carbons (Fsp3) is 0.105. The molecule has 0 aromatic heterocycles. The van der Waals surface area contributed by atoms with Gasteiger partial charge in [0.25, 0.3) is 5.91 Å². The lowest BCUT2D eigenvalue weighted by molar-refractivity contribution is 0.0963. The summed E-state index contributed by atoms with van der Waals surface area (Å²) in [6, 6.07) is 17.4. The third-order valence-corrected chi connectivity index (χ3v) is 3.46. The molecule has 3 rings (SSSR count). The van der Waals surface area contributed by atoms with Crippen LogP contribution in [0.15, 0.2) is 72.6 Å². The maximum absolute atomic E-state index is 11.7. The first kappa shape index (κ1) is 17.1. The zero-order valence-electron chi connectivity index (χ0n) is 12.8. The van der Waals surface area contributed by atoms with Gasteiger partial charge < -0.3 is 10.6 Å². The molecule has 5 heteroatoms. The van der Waals surface area contributed by atoms with E-state index < -0.39 is 0 Å². The average Bonchev–Trinajstić information content (AvgIpc) is 2.62. The van der Waals surface area contributed by atoms with Crippen LogP contribution in [0.25, 0.3) is 5.70 Å². The van der Waals surface area contributed by atoms with Gasteiger partial charge in [-0.1, -0.05) is 43.8 Å². The van der Waals surface area contributed by atoms with Crippen molar-refractivity contribution in [3.8, 4) is 0 Å². The molecular formula is C19H26N4O. The first-order valence-corrected chi connectivity index (χ1v) is 7.35. The third kappa shape index (κ3) is 3.95. The maximum atomic E-state index is 11.7. The molecule has 0 saturated carbocycles. The van der Waals surface area contributed by atoms with E-state index in [9.17, 15) is 4.79 Å². The average molecular weight is 326 g/mol. The second-order valence-electron chi connectivity index (χ2n) is 5.06. The number of anilines is 1. The van der Waals surface area contributed by atoms with Gasteiger partial charge in [-0.25, -0.2) is 0 Å². The topological polar surface area (TPSA) is 65.2 Å². The van der Waals surface area contributed by atoms with Crippen LogP contribution in [0.3, 0.4) is 0 Å². The van der Waals surface area contributed by atoms with E-state index in [-0.39, 0.29) is 16.2 Å². The second-order valence-corrected chi connectivity index (χ2v) is 5.06. The first-order valence-electron chi connectivity index (χ1n) is 7.35. The van der Waals surface area contributed by atoms with Gasteiger partial charge in [0, 0.05) is 21.2 Å². The molecule has 0 saturated heterocycles. The zero-order chi connectivity index (χ0) is 16.1. The Kier molecular flexibility index (Phi) is 5.63. The molecule has 24 heavy (non-hydrogen) atoms. The lowest BCUT2D eigenvalue weighted by atomic mass is 10.1. The highest BCUT2D eigenvalue weighted by Gasteiger charge is 2.08. The molecule has 5 nitrogen and oxygen atoms in total. The molecule has 1 aliphatic rings. The fourth-order valence-electron chi connectivity index (χ4n) is 2.28. The summed E-state index contributed by atoms with van der Waals surface area (Å²) in [7, 11) is 1.62. The van der Waals surface area contributed by atoms with Crippen LogP contribution in [0.5, 0.6) is 0 Å². The van der Waals surface area contributed by atoms with Crippen LogP contribution in [0, 0.1) is 0 Å².